The lowest BCUT2D eigenvalue weighted by atomic mass is 9.94. The zero-order valence-corrected chi connectivity index (χ0v) is 15.4. The van der Waals surface area contributed by atoms with Crippen molar-refractivity contribution < 1.29 is 15.0 Å². The second-order valence-electron chi connectivity index (χ2n) is 6.89. The number of carbonyl (C=O) groups excluding carboxylic acids is 1. The molecule has 5 nitrogen and oxygen atoms in total. The molecule has 1 saturated carbocycles. The third-order valence-electron chi connectivity index (χ3n) is 4.95. The van der Waals surface area contributed by atoms with Gasteiger partial charge in [-0.25, -0.2) is 4.98 Å². The van der Waals surface area contributed by atoms with Crippen LogP contribution >= 0.6 is 0 Å². The Bertz CT molecular complexity index is 849. The molecule has 1 fully saturated rings. The molecule has 2 N–H and O–H groups in total. The summed E-state index contributed by atoms with van der Waals surface area (Å²) in [7, 11) is 0. The molecule has 1 aliphatic rings. The van der Waals surface area contributed by atoms with Crippen LogP contribution in [0.3, 0.4) is 0 Å². The third kappa shape index (κ3) is 4.59. The summed E-state index contributed by atoms with van der Waals surface area (Å²) < 4.78 is 0. The first-order valence-electron chi connectivity index (χ1n) is 9.34. The number of aromatic hydroxyl groups is 2. The van der Waals surface area contributed by atoms with Gasteiger partial charge in [-0.2, -0.15) is 0 Å². The Morgan fingerprint density at radius 1 is 1.15 bits per heavy atom. The largest absolute Gasteiger partial charge is 0.504 e. The summed E-state index contributed by atoms with van der Waals surface area (Å²) in [4.78, 5) is 19.0. The van der Waals surface area contributed by atoms with Crippen LogP contribution in [0.5, 0.6) is 11.5 Å². The number of carbonyl (C=O) groups is 1. The molecule has 0 radical (unpaired) electrons. The quantitative estimate of drug-likeness (QED) is 0.638. The number of rotatable bonds is 3. The molecule has 1 atom stereocenters. The van der Waals surface area contributed by atoms with Crippen molar-refractivity contribution in [2.24, 2.45) is 0 Å². The molecule has 2 aromatic rings. The minimum atomic E-state index is -0.254. The van der Waals surface area contributed by atoms with E-state index in [0.717, 1.165) is 31.2 Å². The summed E-state index contributed by atoms with van der Waals surface area (Å²) in [5, 5.41) is 19.1. The van der Waals surface area contributed by atoms with Gasteiger partial charge in [-0.1, -0.05) is 37.3 Å². The lowest BCUT2D eigenvalue weighted by molar-refractivity contribution is -0.114. The first kappa shape index (κ1) is 18.8. The number of nitrogens with zero attached hydrogens (tertiary/aromatic N) is 2. The van der Waals surface area contributed by atoms with E-state index in [0.29, 0.717) is 5.82 Å². The summed E-state index contributed by atoms with van der Waals surface area (Å²) in [6, 6.07) is 10.3. The maximum atomic E-state index is 12.9. The standard InChI is InChI=1S/C22H24N2O3/c1-16(17-11-12-19(25)20(26)15-17)10-13-22(27)24(18-7-3-2-4-8-18)21-9-5-6-14-23-21/h5-6,9,11-12,14-16,18,25-26H,2-4,7-8H2,1H3. The van der Waals surface area contributed by atoms with Crippen LogP contribution in [-0.4, -0.2) is 27.1 Å². The predicted octanol–water partition coefficient (Wildman–Crippen LogP) is 3.97. The van der Waals surface area contributed by atoms with E-state index < -0.39 is 0 Å². The van der Waals surface area contributed by atoms with Crippen molar-refractivity contribution in [2.75, 3.05) is 4.90 Å². The van der Waals surface area contributed by atoms with Crippen LogP contribution in [0.2, 0.25) is 0 Å². The van der Waals surface area contributed by atoms with Gasteiger partial charge >= 0.3 is 5.91 Å². The van der Waals surface area contributed by atoms with Gasteiger partial charge in [-0.15, -0.1) is 0 Å². The van der Waals surface area contributed by atoms with Crippen molar-refractivity contribution in [3.63, 3.8) is 0 Å². The zero-order valence-electron chi connectivity index (χ0n) is 15.4. The second-order valence-corrected chi connectivity index (χ2v) is 6.89. The van der Waals surface area contributed by atoms with Crippen LogP contribution in [0, 0.1) is 11.8 Å². The average Bonchev–Trinajstić information content (AvgIpc) is 2.70. The van der Waals surface area contributed by atoms with Crippen molar-refractivity contribution in [3.05, 3.63) is 48.2 Å². The summed E-state index contributed by atoms with van der Waals surface area (Å²) >= 11 is 0. The third-order valence-corrected chi connectivity index (χ3v) is 4.95. The van der Waals surface area contributed by atoms with Gasteiger partial charge in [0.2, 0.25) is 0 Å². The molecule has 1 heterocycles. The molecule has 1 amide bonds. The fourth-order valence-corrected chi connectivity index (χ4v) is 3.42. The maximum absolute atomic E-state index is 12.9. The van der Waals surface area contributed by atoms with Gasteiger partial charge in [0, 0.05) is 18.2 Å². The molecule has 5 heteroatoms. The van der Waals surface area contributed by atoms with Crippen LogP contribution in [0.25, 0.3) is 0 Å². The summed E-state index contributed by atoms with van der Waals surface area (Å²) in [6.45, 7) is 1.86. The highest BCUT2D eigenvalue weighted by Gasteiger charge is 2.26. The Balaban J connectivity index is 1.82. The molecule has 3 rings (SSSR count). The predicted molar refractivity (Wildman–Crippen MR) is 105 cm³/mol. The van der Waals surface area contributed by atoms with Gasteiger partial charge in [-0.3, -0.25) is 9.69 Å². The highest BCUT2D eigenvalue weighted by atomic mass is 16.3. The molecule has 1 aromatic carbocycles. The number of anilines is 1. The first-order chi connectivity index (χ1) is 13.1. The van der Waals surface area contributed by atoms with Gasteiger partial charge in [0.25, 0.3) is 0 Å². The van der Waals surface area contributed by atoms with E-state index in [2.05, 4.69) is 16.8 Å². The molecule has 1 aromatic heterocycles. The van der Waals surface area contributed by atoms with E-state index in [1.54, 1.807) is 17.2 Å². The molecule has 0 spiro atoms. The van der Waals surface area contributed by atoms with Crippen LogP contribution in [-0.2, 0) is 4.79 Å². The Morgan fingerprint density at radius 2 is 1.93 bits per heavy atom. The van der Waals surface area contributed by atoms with E-state index in [1.807, 2.05) is 25.1 Å². The molecular formula is C22H24N2O3. The number of phenols is 2. The number of benzene rings is 1. The van der Waals surface area contributed by atoms with E-state index >= 15 is 0 Å². The van der Waals surface area contributed by atoms with Crippen molar-refractivity contribution >= 4 is 11.7 Å². The topological polar surface area (TPSA) is 73.7 Å². The fraction of sp³-hybridized carbons (Fsp3) is 0.364. The van der Waals surface area contributed by atoms with Crippen molar-refractivity contribution in [2.45, 2.75) is 51.0 Å². The van der Waals surface area contributed by atoms with Crippen LogP contribution in [0.4, 0.5) is 5.82 Å². The van der Waals surface area contributed by atoms with E-state index in [1.165, 1.54) is 18.6 Å². The number of aromatic nitrogens is 1. The Hall–Kier alpha value is -3.00. The lowest BCUT2D eigenvalue weighted by Crippen LogP contribution is -2.41. The lowest BCUT2D eigenvalue weighted by Gasteiger charge is -2.32. The summed E-state index contributed by atoms with van der Waals surface area (Å²) in [5.74, 6) is 5.51. The highest BCUT2D eigenvalue weighted by molar-refractivity contribution is 6.05. The van der Waals surface area contributed by atoms with Crippen molar-refractivity contribution in [1.82, 2.24) is 4.98 Å². The Morgan fingerprint density at radius 3 is 2.59 bits per heavy atom. The molecule has 0 bridgehead atoms. The van der Waals surface area contributed by atoms with Crippen LogP contribution in [0.1, 0.15) is 50.5 Å². The number of pyridine rings is 1. The Labute approximate surface area is 159 Å². The highest BCUT2D eigenvalue weighted by Crippen LogP contribution is 2.29. The molecule has 0 saturated heterocycles. The van der Waals surface area contributed by atoms with Crippen molar-refractivity contribution in [3.8, 4) is 23.3 Å². The van der Waals surface area contributed by atoms with Crippen LogP contribution < -0.4 is 4.90 Å². The smallest absolute Gasteiger partial charge is 0.304 e. The fourth-order valence-electron chi connectivity index (χ4n) is 3.42. The molecule has 27 heavy (non-hydrogen) atoms. The molecule has 140 valence electrons. The average molecular weight is 364 g/mol. The van der Waals surface area contributed by atoms with Crippen molar-refractivity contribution in [1.29, 1.82) is 0 Å². The van der Waals surface area contributed by atoms with Crippen LogP contribution in [0.15, 0.2) is 42.6 Å². The van der Waals surface area contributed by atoms with E-state index in [9.17, 15) is 15.0 Å². The first-order valence-corrected chi connectivity index (χ1v) is 9.34. The summed E-state index contributed by atoms with van der Waals surface area (Å²) in [5.41, 5.74) is 0.743. The molecule has 1 unspecified atom stereocenters. The SMILES string of the molecule is CC(C#CC(=O)N(c1ccccn1)C1CCCCC1)c1ccc(O)c(O)c1. The van der Waals surface area contributed by atoms with E-state index in [4.69, 9.17) is 0 Å². The van der Waals surface area contributed by atoms with Gasteiger partial charge in [0.05, 0.1) is 0 Å². The molecular weight excluding hydrogens is 340 g/mol. The number of hydrogen-bond donors (Lipinski definition) is 2. The van der Waals surface area contributed by atoms with Gasteiger partial charge in [0.15, 0.2) is 11.5 Å². The Kier molecular flexibility index (Phi) is 5.97. The number of amides is 1. The minimum Gasteiger partial charge on any atom is -0.504 e. The number of phenolic OH excluding ortho intramolecular Hbond substituents is 2. The second kappa shape index (κ2) is 8.59. The van der Waals surface area contributed by atoms with Gasteiger partial charge in [-0.05, 0) is 55.5 Å². The minimum absolute atomic E-state index is 0.128. The van der Waals surface area contributed by atoms with Gasteiger partial charge < -0.3 is 10.2 Å². The normalized spacial score (nSPS) is 15.4. The monoisotopic (exact) mass is 364 g/mol. The van der Waals surface area contributed by atoms with Gasteiger partial charge in [0.1, 0.15) is 5.82 Å². The zero-order chi connectivity index (χ0) is 19.2. The molecule has 0 aliphatic heterocycles. The maximum Gasteiger partial charge on any atom is 0.304 e. The summed E-state index contributed by atoms with van der Waals surface area (Å²) in [6.07, 6.45) is 7.04. The molecule has 1 aliphatic carbocycles. The number of hydrogen-bond acceptors (Lipinski definition) is 4. The van der Waals surface area contributed by atoms with E-state index in [-0.39, 0.29) is 29.4 Å².